The van der Waals surface area contributed by atoms with Gasteiger partial charge >= 0.3 is 5.97 Å². The number of carboxylic acid groups (broad SMARTS) is 1. The number of nitrogens with zero attached hydrogens (tertiary/aromatic N) is 2. The van der Waals surface area contributed by atoms with Crippen LogP contribution in [0, 0.1) is 6.92 Å². The summed E-state index contributed by atoms with van der Waals surface area (Å²) in [5.74, 6) is -0.565. The van der Waals surface area contributed by atoms with Crippen LogP contribution in [0.4, 0.5) is 0 Å². The lowest BCUT2D eigenvalue weighted by molar-refractivity contribution is -0.139. The number of rotatable bonds is 4. The van der Waals surface area contributed by atoms with Gasteiger partial charge in [-0.3, -0.25) is 0 Å². The Morgan fingerprint density at radius 1 is 1.47 bits per heavy atom. The highest BCUT2D eigenvalue weighted by molar-refractivity contribution is 5.68. The van der Waals surface area contributed by atoms with Gasteiger partial charge in [0.2, 0.25) is 0 Å². The third kappa shape index (κ3) is 2.63. The first kappa shape index (κ1) is 11.2. The molecule has 0 aliphatic heterocycles. The van der Waals surface area contributed by atoms with Crippen LogP contribution in [0.5, 0.6) is 5.75 Å². The molecular formula is C12H12N2O3. The molecule has 0 aliphatic rings. The highest BCUT2D eigenvalue weighted by atomic mass is 16.5. The molecule has 0 bridgehead atoms. The minimum absolute atomic E-state index is 0.362. The van der Waals surface area contributed by atoms with E-state index in [9.17, 15) is 4.79 Å². The van der Waals surface area contributed by atoms with E-state index < -0.39 is 5.97 Å². The zero-order valence-electron chi connectivity index (χ0n) is 9.33. The molecule has 0 spiro atoms. The zero-order chi connectivity index (χ0) is 12.3. The number of benzene rings is 1. The van der Waals surface area contributed by atoms with Crippen molar-refractivity contribution in [3.8, 4) is 11.4 Å². The molecule has 2 aromatic rings. The molecule has 0 amide bonds. The van der Waals surface area contributed by atoms with Crippen LogP contribution in [-0.4, -0.2) is 27.5 Å². The third-order valence-corrected chi connectivity index (χ3v) is 2.28. The first-order valence-corrected chi connectivity index (χ1v) is 5.12. The SMILES string of the molecule is Cc1ccccc1-n1cc(OCC(=O)O)cn1. The first-order valence-electron chi connectivity index (χ1n) is 5.12. The van der Waals surface area contributed by atoms with Crippen LogP contribution in [0.2, 0.25) is 0 Å². The molecule has 0 saturated carbocycles. The van der Waals surface area contributed by atoms with Crippen molar-refractivity contribution in [2.45, 2.75) is 6.92 Å². The van der Waals surface area contributed by atoms with Crippen LogP contribution < -0.4 is 4.74 Å². The lowest BCUT2D eigenvalue weighted by Gasteiger charge is -2.04. The lowest BCUT2D eigenvalue weighted by Crippen LogP contribution is -2.08. The van der Waals surface area contributed by atoms with E-state index in [1.807, 2.05) is 31.2 Å². The van der Waals surface area contributed by atoms with Gasteiger partial charge in [0.15, 0.2) is 12.4 Å². The van der Waals surface area contributed by atoms with Crippen molar-refractivity contribution in [1.29, 1.82) is 0 Å². The Balaban J connectivity index is 2.18. The maximum absolute atomic E-state index is 10.4. The average Bonchev–Trinajstić information content (AvgIpc) is 2.75. The molecule has 0 atom stereocenters. The normalized spacial score (nSPS) is 10.2. The van der Waals surface area contributed by atoms with E-state index in [0.29, 0.717) is 5.75 Å². The van der Waals surface area contributed by atoms with Crippen LogP contribution in [-0.2, 0) is 4.79 Å². The molecule has 88 valence electrons. The van der Waals surface area contributed by atoms with E-state index in [1.165, 1.54) is 6.20 Å². The summed E-state index contributed by atoms with van der Waals surface area (Å²) in [5, 5.41) is 12.6. The van der Waals surface area contributed by atoms with Gasteiger partial charge in [0.05, 0.1) is 18.1 Å². The van der Waals surface area contributed by atoms with Crippen LogP contribution >= 0.6 is 0 Å². The Morgan fingerprint density at radius 3 is 2.94 bits per heavy atom. The number of hydrogen-bond acceptors (Lipinski definition) is 3. The molecule has 2 rings (SSSR count). The van der Waals surface area contributed by atoms with E-state index in [0.717, 1.165) is 11.3 Å². The average molecular weight is 232 g/mol. The van der Waals surface area contributed by atoms with E-state index in [1.54, 1.807) is 10.9 Å². The Hall–Kier alpha value is -2.30. The van der Waals surface area contributed by atoms with Crippen molar-refractivity contribution in [3.05, 3.63) is 42.2 Å². The summed E-state index contributed by atoms with van der Waals surface area (Å²) in [7, 11) is 0. The van der Waals surface area contributed by atoms with Crippen molar-refractivity contribution < 1.29 is 14.6 Å². The number of carboxylic acids is 1. The van der Waals surface area contributed by atoms with E-state index in [-0.39, 0.29) is 6.61 Å². The van der Waals surface area contributed by atoms with Gasteiger partial charge in [0, 0.05) is 0 Å². The van der Waals surface area contributed by atoms with E-state index >= 15 is 0 Å². The molecule has 0 fully saturated rings. The number of ether oxygens (including phenoxy) is 1. The molecule has 5 heteroatoms. The van der Waals surface area contributed by atoms with Gasteiger partial charge in [0.1, 0.15) is 0 Å². The second-order valence-corrected chi connectivity index (χ2v) is 3.59. The molecule has 0 saturated heterocycles. The Kier molecular flexibility index (Phi) is 3.09. The van der Waals surface area contributed by atoms with Gasteiger partial charge in [-0.25, -0.2) is 9.48 Å². The Bertz CT molecular complexity index is 534. The first-order chi connectivity index (χ1) is 8.16. The standard InChI is InChI=1S/C12H12N2O3/c1-9-4-2-3-5-11(9)14-7-10(6-13-14)17-8-12(15)16/h2-7H,8H2,1H3,(H,15,16). The quantitative estimate of drug-likeness (QED) is 0.870. The van der Waals surface area contributed by atoms with E-state index in [2.05, 4.69) is 5.10 Å². The molecule has 17 heavy (non-hydrogen) atoms. The van der Waals surface area contributed by atoms with Gasteiger partial charge in [-0.1, -0.05) is 18.2 Å². The predicted molar refractivity (Wildman–Crippen MR) is 61.4 cm³/mol. The number of carbonyl (C=O) groups is 1. The largest absolute Gasteiger partial charge is 0.479 e. The number of para-hydroxylation sites is 1. The number of aryl methyl sites for hydroxylation is 1. The summed E-state index contributed by atoms with van der Waals surface area (Å²) >= 11 is 0. The number of hydrogen-bond donors (Lipinski definition) is 1. The Morgan fingerprint density at radius 2 is 2.24 bits per heavy atom. The van der Waals surface area contributed by atoms with Crippen molar-refractivity contribution in [2.24, 2.45) is 0 Å². The molecule has 1 N–H and O–H groups in total. The minimum atomic E-state index is -1.01. The summed E-state index contributed by atoms with van der Waals surface area (Å²) in [5.41, 5.74) is 2.03. The Labute approximate surface area is 98.3 Å². The summed E-state index contributed by atoms with van der Waals surface area (Å²) in [6, 6.07) is 7.78. The third-order valence-electron chi connectivity index (χ3n) is 2.28. The monoisotopic (exact) mass is 232 g/mol. The van der Waals surface area contributed by atoms with Gasteiger partial charge in [-0.05, 0) is 18.6 Å². The fourth-order valence-electron chi connectivity index (χ4n) is 1.48. The van der Waals surface area contributed by atoms with Crippen molar-refractivity contribution in [1.82, 2.24) is 9.78 Å². The summed E-state index contributed by atoms with van der Waals surface area (Å²) in [6.07, 6.45) is 3.15. The van der Waals surface area contributed by atoms with Crippen LogP contribution in [0.1, 0.15) is 5.56 Å². The summed E-state index contributed by atoms with van der Waals surface area (Å²) < 4.78 is 6.69. The summed E-state index contributed by atoms with van der Waals surface area (Å²) in [6.45, 7) is 1.62. The maximum atomic E-state index is 10.4. The van der Waals surface area contributed by atoms with Crippen molar-refractivity contribution >= 4 is 5.97 Å². The van der Waals surface area contributed by atoms with Gasteiger partial charge in [-0.15, -0.1) is 0 Å². The number of aromatic nitrogens is 2. The van der Waals surface area contributed by atoms with Gasteiger partial charge in [-0.2, -0.15) is 5.10 Å². The number of aliphatic carboxylic acids is 1. The molecule has 0 unspecified atom stereocenters. The summed E-state index contributed by atoms with van der Waals surface area (Å²) in [4.78, 5) is 10.4. The van der Waals surface area contributed by atoms with E-state index in [4.69, 9.17) is 9.84 Å². The van der Waals surface area contributed by atoms with Crippen LogP contribution in [0.15, 0.2) is 36.7 Å². The highest BCUT2D eigenvalue weighted by Gasteiger charge is 2.05. The van der Waals surface area contributed by atoms with Gasteiger partial charge in [0.25, 0.3) is 0 Å². The molecule has 5 nitrogen and oxygen atoms in total. The zero-order valence-corrected chi connectivity index (χ0v) is 9.33. The van der Waals surface area contributed by atoms with Gasteiger partial charge < -0.3 is 9.84 Å². The predicted octanol–water partition coefficient (Wildman–Crippen LogP) is 1.64. The smallest absolute Gasteiger partial charge is 0.341 e. The lowest BCUT2D eigenvalue weighted by atomic mass is 10.2. The second kappa shape index (κ2) is 4.69. The van der Waals surface area contributed by atoms with Crippen molar-refractivity contribution in [2.75, 3.05) is 6.61 Å². The molecule has 0 radical (unpaired) electrons. The fraction of sp³-hybridized carbons (Fsp3) is 0.167. The molecule has 1 heterocycles. The fourth-order valence-corrected chi connectivity index (χ4v) is 1.48. The molecule has 1 aromatic heterocycles. The molecule has 1 aromatic carbocycles. The maximum Gasteiger partial charge on any atom is 0.341 e. The van der Waals surface area contributed by atoms with Crippen molar-refractivity contribution in [3.63, 3.8) is 0 Å². The van der Waals surface area contributed by atoms with Crippen LogP contribution in [0.25, 0.3) is 5.69 Å². The van der Waals surface area contributed by atoms with Crippen LogP contribution in [0.3, 0.4) is 0 Å². The minimum Gasteiger partial charge on any atom is -0.479 e. The second-order valence-electron chi connectivity index (χ2n) is 3.59. The topological polar surface area (TPSA) is 64.3 Å². The highest BCUT2D eigenvalue weighted by Crippen LogP contribution is 2.16. The molecule has 0 aliphatic carbocycles. The molecular weight excluding hydrogens is 220 g/mol.